The molecule has 0 atom stereocenters. The molecule has 156 valence electrons. The Bertz CT molecular complexity index is 1190. The number of nitrogens with zero attached hydrogens (tertiary/aromatic N) is 2. The first-order valence-corrected chi connectivity index (χ1v) is 11.6. The van der Waals surface area contributed by atoms with E-state index < -0.39 is 0 Å². The van der Waals surface area contributed by atoms with Crippen LogP contribution in [0.25, 0.3) is 11.0 Å². The third-order valence-electron chi connectivity index (χ3n) is 6.08. The van der Waals surface area contributed by atoms with Crippen LogP contribution in [0, 0.1) is 5.92 Å². The second kappa shape index (κ2) is 7.50. The Labute approximate surface area is 178 Å². The van der Waals surface area contributed by atoms with E-state index in [2.05, 4.69) is 45.2 Å². The van der Waals surface area contributed by atoms with E-state index in [-0.39, 0.29) is 17.4 Å². The molecule has 0 saturated heterocycles. The zero-order valence-electron chi connectivity index (χ0n) is 17.1. The van der Waals surface area contributed by atoms with Crippen LogP contribution in [0.3, 0.4) is 0 Å². The number of pyridine rings is 1. The number of fused-ring (bicyclic) bond motifs is 1. The normalized spacial score (nSPS) is 16.5. The largest absolute Gasteiger partial charge is 0.354 e. The molecule has 7 nitrogen and oxygen atoms in total. The molecule has 2 heterocycles. The van der Waals surface area contributed by atoms with E-state index in [1.807, 2.05) is 0 Å². The van der Waals surface area contributed by atoms with Gasteiger partial charge in [0.15, 0.2) is 5.65 Å². The monoisotopic (exact) mass is 423 g/mol. The third kappa shape index (κ3) is 3.49. The second-order valence-corrected chi connectivity index (χ2v) is 9.08. The van der Waals surface area contributed by atoms with Crippen molar-refractivity contribution in [3.05, 3.63) is 40.2 Å². The van der Waals surface area contributed by atoms with Gasteiger partial charge in [-0.15, -0.1) is 11.8 Å². The van der Waals surface area contributed by atoms with Crippen molar-refractivity contribution in [2.75, 3.05) is 16.9 Å². The maximum absolute atomic E-state index is 12.7. The van der Waals surface area contributed by atoms with Crippen molar-refractivity contribution in [2.45, 2.75) is 42.9 Å². The average Bonchev–Trinajstić information content (AvgIpc) is 3.48. The van der Waals surface area contributed by atoms with Gasteiger partial charge in [-0.3, -0.25) is 19.4 Å². The second-order valence-electron chi connectivity index (χ2n) is 8.23. The van der Waals surface area contributed by atoms with Crippen molar-refractivity contribution in [3.63, 3.8) is 0 Å². The average molecular weight is 424 g/mol. The number of rotatable bonds is 6. The Kier molecular flexibility index (Phi) is 4.81. The predicted molar refractivity (Wildman–Crippen MR) is 121 cm³/mol. The summed E-state index contributed by atoms with van der Waals surface area (Å²) < 4.78 is 1.41. The Hall–Kier alpha value is -2.74. The van der Waals surface area contributed by atoms with Crippen LogP contribution in [0.2, 0.25) is 0 Å². The molecule has 1 amide bonds. The highest BCUT2D eigenvalue weighted by molar-refractivity contribution is 7.98. The molecule has 0 unspecified atom stereocenters. The van der Waals surface area contributed by atoms with Gasteiger partial charge in [-0.2, -0.15) is 0 Å². The number of benzene rings is 1. The van der Waals surface area contributed by atoms with E-state index >= 15 is 0 Å². The number of nitrogens with one attached hydrogen (secondary N) is 3. The van der Waals surface area contributed by atoms with E-state index in [4.69, 9.17) is 0 Å². The summed E-state index contributed by atoms with van der Waals surface area (Å²) >= 11 is 1.68. The van der Waals surface area contributed by atoms with Crippen molar-refractivity contribution >= 4 is 45.9 Å². The summed E-state index contributed by atoms with van der Waals surface area (Å²) in [5, 5.41) is 9.79. The van der Waals surface area contributed by atoms with Crippen LogP contribution < -0.4 is 16.2 Å². The van der Waals surface area contributed by atoms with Crippen LogP contribution in [0.15, 0.2) is 34.0 Å². The van der Waals surface area contributed by atoms with E-state index in [0.717, 1.165) is 23.4 Å². The minimum atomic E-state index is -0.156. The standard InChI is InChI=1S/C22H25N5O2S/c1-27-22(29)19-16(11-18(24-20(19)26-27)25-21(28)13-6-7-13)23-15-9-8-14(10-17(15)30-2)12-4-3-5-12/h8-13H,3-7H2,1-2H3,(H3,23,24,25,26,28). The van der Waals surface area contributed by atoms with E-state index in [9.17, 15) is 9.59 Å². The summed E-state index contributed by atoms with van der Waals surface area (Å²) in [6.07, 6.45) is 7.73. The van der Waals surface area contributed by atoms with Gasteiger partial charge in [-0.1, -0.05) is 12.5 Å². The molecule has 3 aromatic rings. The van der Waals surface area contributed by atoms with Crippen LogP contribution in [-0.2, 0) is 11.8 Å². The smallest absolute Gasteiger partial charge is 0.277 e. The van der Waals surface area contributed by atoms with E-state index in [0.29, 0.717) is 28.5 Å². The number of H-pyrrole nitrogens is 1. The molecular weight excluding hydrogens is 398 g/mol. The first kappa shape index (κ1) is 19.2. The molecule has 2 fully saturated rings. The van der Waals surface area contributed by atoms with Crippen molar-refractivity contribution in [1.82, 2.24) is 14.8 Å². The molecule has 30 heavy (non-hydrogen) atoms. The van der Waals surface area contributed by atoms with Crippen LogP contribution >= 0.6 is 11.8 Å². The predicted octanol–water partition coefficient (Wildman–Crippen LogP) is 4.34. The summed E-state index contributed by atoms with van der Waals surface area (Å²) in [5.41, 5.74) is 3.26. The molecule has 2 aliphatic carbocycles. The quantitative estimate of drug-likeness (QED) is 0.513. The van der Waals surface area contributed by atoms with Crippen molar-refractivity contribution in [3.8, 4) is 0 Å². The van der Waals surface area contributed by atoms with Crippen molar-refractivity contribution < 1.29 is 4.79 Å². The fourth-order valence-electron chi connectivity index (χ4n) is 3.91. The maximum Gasteiger partial charge on any atom is 0.277 e. The number of carbonyl (C=O) groups excluding carboxylic acids is 1. The maximum atomic E-state index is 12.7. The zero-order chi connectivity index (χ0) is 20.8. The van der Waals surface area contributed by atoms with Gasteiger partial charge in [0.05, 0.1) is 11.4 Å². The van der Waals surface area contributed by atoms with Gasteiger partial charge in [-0.05, 0) is 55.6 Å². The lowest BCUT2D eigenvalue weighted by molar-refractivity contribution is -0.117. The molecule has 2 saturated carbocycles. The SMILES string of the molecule is CSc1cc(C2CCC2)ccc1Nc1cc(NC(=O)C2CC2)nc2[nH]n(C)c(=O)c12. The van der Waals surface area contributed by atoms with Crippen molar-refractivity contribution in [1.29, 1.82) is 0 Å². The molecule has 8 heteroatoms. The molecule has 0 radical (unpaired) electrons. The minimum Gasteiger partial charge on any atom is -0.354 e. The molecule has 3 N–H and O–H groups in total. The summed E-state index contributed by atoms with van der Waals surface area (Å²) in [7, 11) is 1.66. The van der Waals surface area contributed by atoms with Crippen LogP contribution in [-0.4, -0.2) is 26.9 Å². The molecule has 0 bridgehead atoms. The van der Waals surface area contributed by atoms with E-state index in [1.54, 1.807) is 24.9 Å². The fraction of sp³-hybridized carbons (Fsp3) is 0.409. The van der Waals surface area contributed by atoms with E-state index in [1.165, 1.54) is 29.5 Å². The molecule has 1 aromatic carbocycles. The van der Waals surface area contributed by atoms with Gasteiger partial charge in [0.25, 0.3) is 5.56 Å². The molecule has 2 aromatic heterocycles. The molecule has 5 rings (SSSR count). The van der Waals surface area contributed by atoms with Crippen LogP contribution in [0.1, 0.15) is 43.6 Å². The summed E-state index contributed by atoms with van der Waals surface area (Å²) in [6, 6.07) is 8.27. The minimum absolute atomic E-state index is 0.0132. The number of aromatic amines is 1. The lowest BCUT2D eigenvalue weighted by atomic mass is 9.80. The number of aromatic nitrogens is 3. The molecule has 0 aliphatic heterocycles. The number of anilines is 3. The van der Waals surface area contributed by atoms with Gasteiger partial charge in [0, 0.05) is 23.9 Å². The first-order chi connectivity index (χ1) is 14.5. The van der Waals surface area contributed by atoms with Crippen molar-refractivity contribution in [2.24, 2.45) is 13.0 Å². The fourth-order valence-corrected chi connectivity index (χ4v) is 4.50. The number of thioether (sulfide) groups is 1. The zero-order valence-corrected chi connectivity index (χ0v) is 17.9. The van der Waals surface area contributed by atoms with Gasteiger partial charge < -0.3 is 10.6 Å². The molecule has 2 aliphatic rings. The Morgan fingerprint density at radius 2 is 2.00 bits per heavy atom. The summed E-state index contributed by atoms with van der Waals surface area (Å²) in [6.45, 7) is 0. The Morgan fingerprint density at radius 1 is 1.20 bits per heavy atom. The summed E-state index contributed by atoms with van der Waals surface area (Å²) in [5.74, 6) is 1.18. The summed E-state index contributed by atoms with van der Waals surface area (Å²) in [4.78, 5) is 30.5. The topological polar surface area (TPSA) is 91.8 Å². The number of carbonyl (C=O) groups is 1. The lowest BCUT2D eigenvalue weighted by Crippen LogP contribution is -2.15. The van der Waals surface area contributed by atoms with Crippen LogP contribution in [0.4, 0.5) is 17.2 Å². The first-order valence-electron chi connectivity index (χ1n) is 10.4. The molecular formula is C22H25N5O2S. The number of hydrogen-bond donors (Lipinski definition) is 3. The highest BCUT2D eigenvalue weighted by atomic mass is 32.2. The highest BCUT2D eigenvalue weighted by Gasteiger charge is 2.30. The third-order valence-corrected chi connectivity index (χ3v) is 6.86. The molecule has 0 spiro atoms. The van der Waals surface area contributed by atoms with Crippen LogP contribution in [0.5, 0.6) is 0 Å². The van der Waals surface area contributed by atoms with Gasteiger partial charge in [-0.25, -0.2) is 4.98 Å². The highest BCUT2D eigenvalue weighted by Crippen LogP contribution is 2.40. The lowest BCUT2D eigenvalue weighted by Gasteiger charge is -2.26. The number of hydrogen-bond acceptors (Lipinski definition) is 5. The van der Waals surface area contributed by atoms with Gasteiger partial charge in [0.2, 0.25) is 5.91 Å². The van der Waals surface area contributed by atoms with Gasteiger partial charge in [0.1, 0.15) is 11.2 Å². The number of amides is 1. The number of aryl methyl sites for hydroxylation is 1. The van der Waals surface area contributed by atoms with Gasteiger partial charge >= 0.3 is 0 Å². The Balaban J connectivity index is 1.53. The Morgan fingerprint density at radius 3 is 2.67 bits per heavy atom.